The molecule has 0 bridgehead atoms. The van der Waals surface area contributed by atoms with Crippen molar-refractivity contribution in [3.63, 3.8) is 0 Å². The predicted octanol–water partition coefficient (Wildman–Crippen LogP) is 2.76. The van der Waals surface area contributed by atoms with Crippen LogP contribution < -0.4 is 0 Å². The van der Waals surface area contributed by atoms with Gasteiger partial charge in [0.1, 0.15) is 0 Å². The first-order valence-electron chi connectivity index (χ1n) is 3.34. The molecule has 10 heavy (non-hydrogen) atoms. The largest absolute Gasteiger partial charge is 0.135 e. The van der Waals surface area contributed by atoms with Crippen LogP contribution in [0.4, 0.5) is 0 Å². The minimum atomic E-state index is 0.474. The average molecular weight is 150 g/mol. The van der Waals surface area contributed by atoms with E-state index < -0.39 is 0 Å². The van der Waals surface area contributed by atoms with Crippen molar-refractivity contribution in [1.29, 1.82) is 0 Å². The van der Waals surface area contributed by atoms with Crippen molar-refractivity contribution in [2.45, 2.75) is 13.8 Å². The maximum absolute atomic E-state index is 3.11. The van der Waals surface area contributed by atoms with E-state index in [-0.39, 0.29) is 0 Å². The summed E-state index contributed by atoms with van der Waals surface area (Å²) in [5.74, 6) is 6.68. The third-order valence-electron chi connectivity index (χ3n) is 1.01. The molecule has 0 fully saturated rings. The van der Waals surface area contributed by atoms with Crippen LogP contribution in [0, 0.1) is 17.8 Å². The summed E-state index contributed by atoms with van der Waals surface area (Å²) in [6.07, 6.45) is 0. The standard InChI is InChI=1S/C9H10S/c1-8(2)5-6-9-4-3-7-10-9/h3-4,7-8H,1-2H3. The van der Waals surface area contributed by atoms with Gasteiger partial charge in [-0.15, -0.1) is 11.3 Å². The molecule has 0 aliphatic rings. The predicted molar refractivity (Wildman–Crippen MR) is 46.0 cm³/mol. The molecular weight excluding hydrogens is 140 g/mol. The maximum atomic E-state index is 3.11. The Morgan fingerprint density at radius 2 is 2.30 bits per heavy atom. The van der Waals surface area contributed by atoms with Gasteiger partial charge in [-0.25, -0.2) is 0 Å². The molecule has 1 heteroatoms. The molecule has 0 aromatic carbocycles. The van der Waals surface area contributed by atoms with Gasteiger partial charge in [-0.2, -0.15) is 0 Å². The van der Waals surface area contributed by atoms with Gasteiger partial charge in [0.2, 0.25) is 0 Å². The maximum Gasteiger partial charge on any atom is 0.0768 e. The van der Waals surface area contributed by atoms with Crippen LogP contribution in [0.3, 0.4) is 0 Å². The quantitative estimate of drug-likeness (QED) is 0.499. The molecule has 1 rings (SSSR count). The Morgan fingerprint density at radius 1 is 1.50 bits per heavy atom. The van der Waals surface area contributed by atoms with Gasteiger partial charge >= 0.3 is 0 Å². The third-order valence-corrected chi connectivity index (χ3v) is 1.79. The van der Waals surface area contributed by atoms with E-state index in [4.69, 9.17) is 0 Å². The molecule has 0 saturated carbocycles. The summed E-state index contributed by atoms with van der Waals surface area (Å²) in [5, 5.41) is 2.05. The third kappa shape index (κ3) is 2.24. The van der Waals surface area contributed by atoms with Gasteiger partial charge in [-0.1, -0.05) is 31.8 Å². The molecule has 0 nitrogen and oxygen atoms in total. The SMILES string of the molecule is CC(C)C#Cc1cccs1. The average Bonchev–Trinajstić information content (AvgIpc) is 2.34. The molecule has 0 atom stereocenters. The van der Waals surface area contributed by atoms with E-state index in [0.717, 1.165) is 4.88 Å². The number of hydrogen-bond acceptors (Lipinski definition) is 1. The second-order valence-corrected chi connectivity index (χ2v) is 3.35. The van der Waals surface area contributed by atoms with Crippen molar-refractivity contribution in [1.82, 2.24) is 0 Å². The molecular formula is C9H10S. The highest BCUT2D eigenvalue weighted by molar-refractivity contribution is 7.10. The van der Waals surface area contributed by atoms with Crippen molar-refractivity contribution in [2.24, 2.45) is 5.92 Å². The topological polar surface area (TPSA) is 0 Å². The minimum Gasteiger partial charge on any atom is -0.135 e. The van der Waals surface area contributed by atoms with Crippen LogP contribution in [0.2, 0.25) is 0 Å². The summed E-state index contributed by atoms with van der Waals surface area (Å²) in [6, 6.07) is 4.06. The summed E-state index contributed by atoms with van der Waals surface area (Å²) < 4.78 is 0. The minimum absolute atomic E-state index is 0.474. The normalized spacial score (nSPS) is 9.10. The van der Waals surface area contributed by atoms with E-state index in [2.05, 4.69) is 25.7 Å². The van der Waals surface area contributed by atoms with Crippen LogP contribution in [0.15, 0.2) is 17.5 Å². The zero-order valence-corrected chi connectivity index (χ0v) is 7.03. The van der Waals surface area contributed by atoms with Gasteiger partial charge in [-0.05, 0) is 11.4 Å². The van der Waals surface area contributed by atoms with E-state index >= 15 is 0 Å². The fourth-order valence-corrected chi connectivity index (χ4v) is 1.14. The zero-order chi connectivity index (χ0) is 7.40. The van der Waals surface area contributed by atoms with Crippen LogP contribution in [0.25, 0.3) is 0 Å². The van der Waals surface area contributed by atoms with Crippen molar-refractivity contribution in [3.8, 4) is 11.8 Å². The molecule has 1 heterocycles. The summed E-state index contributed by atoms with van der Waals surface area (Å²) in [7, 11) is 0. The van der Waals surface area contributed by atoms with Crippen LogP contribution in [0.1, 0.15) is 18.7 Å². The first kappa shape index (κ1) is 7.37. The number of thiophene rings is 1. The van der Waals surface area contributed by atoms with Gasteiger partial charge in [0, 0.05) is 5.92 Å². The lowest BCUT2D eigenvalue weighted by atomic mass is 10.2. The first-order valence-corrected chi connectivity index (χ1v) is 4.22. The van der Waals surface area contributed by atoms with Gasteiger partial charge in [0.25, 0.3) is 0 Å². The number of hydrogen-bond donors (Lipinski definition) is 0. The van der Waals surface area contributed by atoms with Crippen molar-refractivity contribution < 1.29 is 0 Å². The highest BCUT2D eigenvalue weighted by atomic mass is 32.1. The van der Waals surface area contributed by atoms with Crippen molar-refractivity contribution >= 4 is 11.3 Å². The fraction of sp³-hybridized carbons (Fsp3) is 0.333. The lowest BCUT2D eigenvalue weighted by Crippen LogP contribution is -1.76. The second-order valence-electron chi connectivity index (χ2n) is 2.40. The molecule has 0 spiro atoms. The van der Waals surface area contributed by atoms with Gasteiger partial charge < -0.3 is 0 Å². The zero-order valence-electron chi connectivity index (χ0n) is 6.22. The molecule has 0 aliphatic carbocycles. The Kier molecular flexibility index (Phi) is 2.53. The Labute approximate surface area is 65.9 Å². The van der Waals surface area contributed by atoms with Crippen LogP contribution in [-0.4, -0.2) is 0 Å². The molecule has 52 valence electrons. The molecule has 0 unspecified atom stereocenters. The first-order chi connectivity index (χ1) is 4.79. The van der Waals surface area contributed by atoms with Crippen molar-refractivity contribution in [2.75, 3.05) is 0 Å². The highest BCUT2D eigenvalue weighted by Crippen LogP contribution is 2.05. The summed E-state index contributed by atoms with van der Waals surface area (Å²) in [5.41, 5.74) is 0. The fourth-order valence-electron chi connectivity index (χ4n) is 0.565. The Bertz CT molecular complexity index is 233. The number of rotatable bonds is 0. The van der Waals surface area contributed by atoms with E-state index in [1.807, 2.05) is 17.5 Å². The second kappa shape index (κ2) is 3.43. The van der Waals surface area contributed by atoms with Crippen LogP contribution >= 0.6 is 11.3 Å². The summed E-state index contributed by atoms with van der Waals surface area (Å²) in [6.45, 7) is 4.20. The van der Waals surface area contributed by atoms with E-state index in [0.29, 0.717) is 5.92 Å². The lowest BCUT2D eigenvalue weighted by molar-refractivity contribution is 0.867. The van der Waals surface area contributed by atoms with Crippen LogP contribution in [0.5, 0.6) is 0 Å². The van der Waals surface area contributed by atoms with Crippen molar-refractivity contribution in [3.05, 3.63) is 22.4 Å². The smallest absolute Gasteiger partial charge is 0.0768 e. The van der Waals surface area contributed by atoms with E-state index in [1.165, 1.54) is 0 Å². The molecule has 0 N–H and O–H groups in total. The Balaban J connectivity index is 2.66. The molecule has 0 saturated heterocycles. The summed E-state index contributed by atoms with van der Waals surface area (Å²) in [4.78, 5) is 1.16. The van der Waals surface area contributed by atoms with Gasteiger partial charge in [0.05, 0.1) is 4.88 Å². The highest BCUT2D eigenvalue weighted by Gasteiger charge is 1.85. The molecule has 0 radical (unpaired) electrons. The summed E-state index contributed by atoms with van der Waals surface area (Å²) >= 11 is 1.69. The van der Waals surface area contributed by atoms with Crippen LogP contribution in [-0.2, 0) is 0 Å². The Hall–Kier alpha value is -0.740. The monoisotopic (exact) mass is 150 g/mol. The van der Waals surface area contributed by atoms with E-state index in [1.54, 1.807) is 11.3 Å². The van der Waals surface area contributed by atoms with E-state index in [9.17, 15) is 0 Å². The molecule has 0 amide bonds. The molecule has 0 aliphatic heterocycles. The molecule has 1 aromatic rings. The van der Waals surface area contributed by atoms with Gasteiger partial charge in [0.15, 0.2) is 0 Å². The molecule has 1 aromatic heterocycles. The lowest BCUT2D eigenvalue weighted by Gasteiger charge is -1.84. The Morgan fingerprint density at radius 3 is 2.80 bits per heavy atom. The van der Waals surface area contributed by atoms with Gasteiger partial charge in [-0.3, -0.25) is 0 Å².